The van der Waals surface area contributed by atoms with Crippen LogP contribution in [0.2, 0.25) is 0 Å². The van der Waals surface area contributed by atoms with E-state index in [9.17, 15) is 9.59 Å². The number of nitriles is 4. The Bertz CT molecular complexity index is 966. The molecule has 0 aliphatic heterocycles. The molecular formula is C18H7BrN4O2. The van der Waals surface area contributed by atoms with Gasteiger partial charge in [0, 0.05) is 16.5 Å². The summed E-state index contributed by atoms with van der Waals surface area (Å²) in [7, 11) is 0. The minimum Gasteiger partial charge on any atom is -0.290 e. The molecule has 0 N–H and O–H groups in total. The average molecular weight is 391 g/mol. The highest BCUT2D eigenvalue weighted by Gasteiger charge is 2.08. The van der Waals surface area contributed by atoms with E-state index in [-0.39, 0.29) is 22.7 Å². The Morgan fingerprint density at radius 2 is 1.16 bits per heavy atom. The van der Waals surface area contributed by atoms with Crippen molar-refractivity contribution in [3.05, 3.63) is 57.4 Å². The van der Waals surface area contributed by atoms with Gasteiger partial charge in [-0.2, -0.15) is 21.0 Å². The van der Waals surface area contributed by atoms with Crippen LogP contribution in [0.3, 0.4) is 0 Å². The molecule has 0 bridgehead atoms. The van der Waals surface area contributed by atoms with Crippen LogP contribution >= 0.6 is 15.9 Å². The first-order valence-corrected chi connectivity index (χ1v) is 7.34. The molecule has 118 valence electrons. The van der Waals surface area contributed by atoms with Gasteiger partial charge in [0.2, 0.25) is 0 Å². The van der Waals surface area contributed by atoms with E-state index in [0.29, 0.717) is 14.9 Å². The van der Waals surface area contributed by atoms with Gasteiger partial charge in [-0.25, -0.2) is 0 Å². The molecule has 0 radical (unpaired) electrons. The van der Waals surface area contributed by atoms with Gasteiger partial charge in [0.25, 0.3) is 0 Å². The molecule has 0 fully saturated rings. The van der Waals surface area contributed by atoms with Crippen molar-refractivity contribution in [1.82, 2.24) is 0 Å². The highest BCUT2D eigenvalue weighted by Crippen LogP contribution is 2.10. The first kappa shape index (κ1) is 19.3. The molecule has 7 heteroatoms. The van der Waals surface area contributed by atoms with Gasteiger partial charge >= 0.3 is 0 Å². The molecule has 0 amide bonds. The van der Waals surface area contributed by atoms with Crippen LogP contribution in [0, 0.1) is 45.3 Å². The van der Waals surface area contributed by atoms with Crippen molar-refractivity contribution >= 4 is 38.6 Å². The topological polar surface area (TPSA) is 129 Å². The molecule has 0 saturated heterocycles. The molecule has 1 aliphatic carbocycles. The zero-order valence-corrected chi connectivity index (χ0v) is 14.1. The quantitative estimate of drug-likeness (QED) is 0.608. The number of halogens is 1. The summed E-state index contributed by atoms with van der Waals surface area (Å²) in [6, 6.07) is 13.2. The molecule has 1 aromatic rings. The van der Waals surface area contributed by atoms with Gasteiger partial charge in [-0.15, -0.1) is 0 Å². The molecule has 1 aliphatic rings. The summed E-state index contributed by atoms with van der Waals surface area (Å²) in [4.78, 5) is 21.1. The van der Waals surface area contributed by atoms with Crippen LogP contribution in [-0.2, 0) is 9.59 Å². The first-order chi connectivity index (χ1) is 12.0. The lowest BCUT2D eigenvalue weighted by atomic mass is 10.1. The van der Waals surface area contributed by atoms with Gasteiger partial charge in [-0.1, -0.05) is 24.3 Å². The van der Waals surface area contributed by atoms with E-state index in [4.69, 9.17) is 21.0 Å². The number of carbonyl (C=O) groups is 2. The van der Waals surface area contributed by atoms with Crippen molar-refractivity contribution in [2.24, 2.45) is 0 Å². The van der Waals surface area contributed by atoms with E-state index < -0.39 is 0 Å². The smallest absolute Gasteiger partial charge is 0.193 e. The standard InChI is InChI=1S/C12H4N4.C6H3BrO2/c13-5-11(6-14)9-1-2-10(4-3-9)12(7-15)8-16;7-5-3-4(8)1-2-6(5)9/h1-4H;1-3H. The number of carbonyl (C=O) groups excluding carboxylic acids is 2. The maximum atomic E-state index is 10.6. The summed E-state index contributed by atoms with van der Waals surface area (Å²) in [5, 5.41) is 35.5. The van der Waals surface area contributed by atoms with E-state index in [1.807, 2.05) is 0 Å². The first-order valence-electron chi connectivity index (χ1n) is 6.55. The summed E-state index contributed by atoms with van der Waals surface area (Å²) in [5.41, 5.74) is 0.00373. The van der Waals surface area contributed by atoms with Crippen molar-refractivity contribution in [3.63, 3.8) is 0 Å². The third kappa shape index (κ3) is 5.41. The van der Waals surface area contributed by atoms with Gasteiger partial charge in [0.05, 0.1) is 4.48 Å². The molecule has 0 saturated carbocycles. The Kier molecular flexibility index (Phi) is 7.23. The Hall–Kier alpha value is -3.78. The number of rotatable bonds is 0. The molecule has 0 heterocycles. The van der Waals surface area contributed by atoms with Crippen molar-refractivity contribution in [2.45, 2.75) is 0 Å². The minimum atomic E-state index is -0.158. The molecular weight excluding hydrogens is 384 g/mol. The predicted octanol–water partition coefficient (Wildman–Crippen LogP) is 1.06. The third-order valence-electron chi connectivity index (χ3n) is 2.81. The van der Waals surface area contributed by atoms with Crippen LogP contribution in [0.1, 0.15) is 0 Å². The fourth-order valence-corrected chi connectivity index (χ4v) is 1.95. The number of hydrogen-bond acceptors (Lipinski definition) is 6. The van der Waals surface area contributed by atoms with Crippen LogP contribution in [0.5, 0.6) is 0 Å². The van der Waals surface area contributed by atoms with Crippen LogP contribution in [-0.4, -0.2) is 11.6 Å². The van der Waals surface area contributed by atoms with Gasteiger partial charge in [0.15, 0.2) is 11.6 Å². The number of benzene rings is 1. The van der Waals surface area contributed by atoms with Crippen molar-refractivity contribution < 1.29 is 9.59 Å². The lowest BCUT2D eigenvalue weighted by molar-refractivity contribution is -0.114. The lowest BCUT2D eigenvalue weighted by Crippen LogP contribution is -2.11. The number of ketones is 2. The molecule has 0 spiro atoms. The zero-order valence-electron chi connectivity index (χ0n) is 12.5. The van der Waals surface area contributed by atoms with Crippen molar-refractivity contribution in [2.75, 3.05) is 0 Å². The molecule has 0 atom stereocenters. The monoisotopic (exact) mass is 390 g/mol. The fourth-order valence-electron chi connectivity index (χ4n) is 1.59. The number of nitrogens with zero attached hydrogens (tertiary/aromatic N) is 4. The van der Waals surface area contributed by atoms with Gasteiger partial charge in [0.1, 0.15) is 35.4 Å². The van der Waals surface area contributed by atoms with E-state index in [2.05, 4.69) is 15.9 Å². The highest BCUT2D eigenvalue weighted by atomic mass is 79.9. The molecule has 6 nitrogen and oxygen atoms in total. The van der Waals surface area contributed by atoms with Crippen LogP contribution in [0.25, 0.3) is 11.1 Å². The molecule has 0 aromatic heterocycles. The second-order valence-electron chi connectivity index (χ2n) is 4.37. The Morgan fingerprint density at radius 3 is 1.44 bits per heavy atom. The summed E-state index contributed by atoms with van der Waals surface area (Å²) < 4.78 is 0.329. The molecule has 1 aromatic carbocycles. The predicted molar refractivity (Wildman–Crippen MR) is 91.1 cm³/mol. The number of allylic oxidation sites excluding steroid dienone is 4. The Balaban J connectivity index is 0.000000293. The van der Waals surface area contributed by atoms with Crippen LogP contribution in [0.4, 0.5) is 0 Å². The molecule has 25 heavy (non-hydrogen) atoms. The van der Waals surface area contributed by atoms with Crippen LogP contribution in [0.15, 0.2) is 47.0 Å². The summed E-state index contributed by atoms with van der Waals surface area (Å²) in [6.07, 6.45) is 3.74. The normalized spacial score (nSPS) is 11.5. The van der Waals surface area contributed by atoms with Gasteiger partial charge < -0.3 is 0 Å². The van der Waals surface area contributed by atoms with E-state index in [1.165, 1.54) is 42.5 Å². The SMILES string of the molecule is N#CC(C#N)=c1ccc(=C(C#N)C#N)cc1.O=C1C=CC(=O)C(Br)=C1. The Morgan fingerprint density at radius 1 is 0.760 bits per heavy atom. The summed E-state index contributed by atoms with van der Waals surface area (Å²) in [6.45, 7) is 0. The fraction of sp³-hybridized carbons (Fsp3) is 0. The highest BCUT2D eigenvalue weighted by molar-refractivity contribution is 9.12. The van der Waals surface area contributed by atoms with Gasteiger partial charge in [-0.05, 0) is 28.1 Å². The van der Waals surface area contributed by atoms with E-state index >= 15 is 0 Å². The average Bonchev–Trinajstić information content (AvgIpc) is 2.62. The van der Waals surface area contributed by atoms with E-state index in [0.717, 1.165) is 0 Å². The van der Waals surface area contributed by atoms with Crippen molar-refractivity contribution in [3.8, 4) is 24.3 Å². The van der Waals surface area contributed by atoms with Crippen LogP contribution < -0.4 is 10.4 Å². The summed E-state index contributed by atoms with van der Waals surface area (Å²) >= 11 is 2.93. The second-order valence-corrected chi connectivity index (χ2v) is 5.22. The lowest BCUT2D eigenvalue weighted by Gasteiger charge is -1.95. The maximum absolute atomic E-state index is 10.6. The molecule has 0 unspecified atom stereocenters. The summed E-state index contributed by atoms with van der Waals surface area (Å²) in [5.74, 6) is -0.309. The maximum Gasteiger partial charge on any atom is 0.193 e. The Labute approximate surface area is 151 Å². The largest absolute Gasteiger partial charge is 0.290 e. The van der Waals surface area contributed by atoms with Crippen molar-refractivity contribution in [1.29, 1.82) is 21.0 Å². The minimum absolute atomic E-state index is 0.00187. The third-order valence-corrected chi connectivity index (χ3v) is 3.43. The molecule has 2 rings (SSSR count). The van der Waals surface area contributed by atoms with E-state index in [1.54, 1.807) is 24.3 Å². The second kappa shape index (κ2) is 9.38. The number of hydrogen-bond donors (Lipinski definition) is 0. The van der Waals surface area contributed by atoms with Gasteiger partial charge in [-0.3, -0.25) is 9.59 Å². The zero-order chi connectivity index (χ0) is 18.8.